The first-order valence-corrected chi connectivity index (χ1v) is 15.6. The predicted molar refractivity (Wildman–Crippen MR) is 170 cm³/mol. The number of halogens is 1. The van der Waals surface area contributed by atoms with E-state index in [9.17, 15) is 19.5 Å². The fourth-order valence-electron chi connectivity index (χ4n) is 7.71. The summed E-state index contributed by atoms with van der Waals surface area (Å²) in [4.78, 5) is 49.1. The van der Waals surface area contributed by atoms with Gasteiger partial charge < -0.3 is 24.5 Å². The molecule has 45 heavy (non-hydrogen) atoms. The molecule has 3 aromatic carbocycles. The Kier molecular flexibility index (Phi) is 7.39. The van der Waals surface area contributed by atoms with E-state index < -0.39 is 53.5 Å². The first-order valence-electron chi connectivity index (χ1n) is 15.2. The van der Waals surface area contributed by atoms with Crippen molar-refractivity contribution in [2.45, 2.75) is 36.8 Å². The summed E-state index contributed by atoms with van der Waals surface area (Å²) in [7, 11) is 0. The lowest BCUT2D eigenvalue weighted by atomic mass is 9.74. The summed E-state index contributed by atoms with van der Waals surface area (Å²) in [6.07, 6.45) is 7.41. The van der Waals surface area contributed by atoms with E-state index in [0.717, 1.165) is 5.56 Å². The lowest BCUT2D eigenvalue weighted by molar-refractivity contribution is -0.151. The summed E-state index contributed by atoms with van der Waals surface area (Å²) in [6, 6.07) is 23.9. The van der Waals surface area contributed by atoms with Crippen molar-refractivity contribution >= 4 is 35.0 Å². The number of anilines is 1. The number of carbonyl (C=O) groups excluding carboxylic acids is 3. The number of aliphatic hydroxyl groups is 1. The van der Waals surface area contributed by atoms with E-state index in [0.29, 0.717) is 29.4 Å². The zero-order valence-electron chi connectivity index (χ0n) is 24.8. The summed E-state index contributed by atoms with van der Waals surface area (Å²) in [5.74, 6) is -2.92. The zero-order valence-corrected chi connectivity index (χ0v) is 25.6. The maximum atomic E-state index is 14.9. The molecule has 0 saturated carbocycles. The van der Waals surface area contributed by atoms with E-state index in [2.05, 4.69) is 0 Å². The van der Waals surface area contributed by atoms with Gasteiger partial charge in [0.05, 0.1) is 40.8 Å². The van der Waals surface area contributed by atoms with Crippen LogP contribution in [0.3, 0.4) is 0 Å². The summed E-state index contributed by atoms with van der Waals surface area (Å²) in [6.45, 7) is 2.33. The molecule has 1 spiro atoms. The number of nitrogens with zero attached hydrogens (tertiary/aromatic N) is 3. The Bertz CT molecular complexity index is 1700. The molecule has 6 atom stereocenters. The highest BCUT2D eigenvalue weighted by Crippen LogP contribution is 2.59. The van der Waals surface area contributed by atoms with E-state index in [1.54, 1.807) is 40.1 Å². The molecule has 7 rings (SSSR count). The van der Waals surface area contributed by atoms with E-state index in [1.165, 1.54) is 4.90 Å². The van der Waals surface area contributed by atoms with Crippen LogP contribution in [0.4, 0.5) is 5.69 Å². The molecule has 9 heteroatoms. The molecule has 2 fully saturated rings. The molecular formula is C36H34ClN3O5. The predicted octanol–water partition coefficient (Wildman–Crippen LogP) is 4.55. The van der Waals surface area contributed by atoms with Crippen LogP contribution in [0, 0.1) is 11.8 Å². The fourth-order valence-corrected chi connectivity index (χ4v) is 7.95. The molecule has 230 valence electrons. The van der Waals surface area contributed by atoms with Crippen LogP contribution >= 0.6 is 11.6 Å². The maximum Gasteiger partial charge on any atom is 0.253 e. The molecule has 0 aromatic heterocycles. The third-order valence-corrected chi connectivity index (χ3v) is 9.95. The Morgan fingerprint density at radius 3 is 2.22 bits per heavy atom. The number of hydrogen-bond donors (Lipinski definition) is 1. The van der Waals surface area contributed by atoms with Gasteiger partial charge in [0.2, 0.25) is 11.8 Å². The molecule has 8 nitrogen and oxygen atoms in total. The van der Waals surface area contributed by atoms with Crippen LogP contribution < -0.4 is 4.90 Å². The highest BCUT2D eigenvalue weighted by atomic mass is 35.5. The first-order chi connectivity index (χ1) is 21.8. The summed E-state index contributed by atoms with van der Waals surface area (Å²) >= 11 is 6.59. The minimum absolute atomic E-state index is 0.194. The van der Waals surface area contributed by atoms with Crippen molar-refractivity contribution in [3.05, 3.63) is 125 Å². The van der Waals surface area contributed by atoms with Gasteiger partial charge in [-0.2, -0.15) is 0 Å². The summed E-state index contributed by atoms with van der Waals surface area (Å²) in [5.41, 5.74) is -0.474. The van der Waals surface area contributed by atoms with E-state index in [-0.39, 0.29) is 12.5 Å². The van der Waals surface area contributed by atoms with E-state index in [1.807, 2.05) is 85.8 Å². The third kappa shape index (κ3) is 4.62. The first kappa shape index (κ1) is 29.5. The molecule has 3 aromatic rings. The molecule has 0 radical (unpaired) electrons. The number of aliphatic hydroxyl groups excluding tert-OH is 1. The molecule has 4 aliphatic heterocycles. The van der Waals surface area contributed by atoms with E-state index in [4.69, 9.17) is 16.3 Å². The summed E-state index contributed by atoms with van der Waals surface area (Å²) < 4.78 is 6.97. The van der Waals surface area contributed by atoms with E-state index >= 15 is 0 Å². The van der Waals surface area contributed by atoms with Crippen LogP contribution in [-0.2, 0) is 25.7 Å². The highest BCUT2D eigenvalue weighted by molar-refractivity contribution is 6.34. The molecule has 1 unspecified atom stereocenters. The second kappa shape index (κ2) is 11.3. The topological polar surface area (TPSA) is 90.4 Å². The standard InChI is InChI=1S/C36H34ClN3O5/c1-35-18-10-20-38(22-24-12-4-2-5-13-24)32(42)29(35)30-33(43)40(28(23-41)25-14-6-3-7-15-25)31-34(44)39(21-11-19-36(30,31)45-35)27-17-9-8-16-26(27)37/h2-19,28-31,41H,20-23H2,1H3/t28-,29+,30+,31?,35-,36+/m1/s1. The molecule has 0 aliphatic carbocycles. The molecule has 0 bridgehead atoms. The zero-order chi connectivity index (χ0) is 31.3. The van der Waals surface area contributed by atoms with Gasteiger partial charge in [0, 0.05) is 19.6 Å². The smallest absolute Gasteiger partial charge is 0.253 e. The van der Waals surface area contributed by atoms with Crippen molar-refractivity contribution in [1.82, 2.24) is 9.80 Å². The average molecular weight is 624 g/mol. The number of benzene rings is 3. The Morgan fingerprint density at radius 2 is 1.51 bits per heavy atom. The SMILES string of the molecule is C[C@@]12C=CCN(Cc3ccccc3)C(=O)[C@@H]1[C@H]1C(=O)N([C@H](CO)c3ccccc3)C3C(=O)N(c4ccccc4Cl)CC=C[C@@]31O2. The van der Waals surface area contributed by atoms with Gasteiger partial charge in [0.1, 0.15) is 11.6 Å². The van der Waals surface area contributed by atoms with Gasteiger partial charge in [-0.1, -0.05) is 109 Å². The molecule has 3 amide bonds. The maximum absolute atomic E-state index is 14.9. The van der Waals surface area contributed by atoms with Gasteiger partial charge in [-0.3, -0.25) is 14.4 Å². The summed E-state index contributed by atoms with van der Waals surface area (Å²) in [5, 5.41) is 11.2. The molecule has 4 aliphatic rings. The number of ether oxygens (including phenoxy) is 1. The second-order valence-corrected chi connectivity index (χ2v) is 12.7. The number of amides is 3. The quantitative estimate of drug-likeness (QED) is 0.407. The normalized spacial score (nSPS) is 29.7. The number of carbonyl (C=O) groups is 3. The second-order valence-electron chi connectivity index (χ2n) is 12.3. The van der Waals surface area contributed by atoms with Crippen LogP contribution in [0.15, 0.2) is 109 Å². The van der Waals surface area contributed by atoms with Crippen LogP contribution in [0.5, 0.6) is 0 Å². The van der Waals surface area contributed by atoms with Crippen LogP contribution in [0.1, 0.15) is 24.1 Å². The number of hydrogen-bond acceptors (Lipinski definition) is 5. The van der Waals surface area contributed by atoms with Gasteiger partial charge in [-0.25, -0.2) is 0 Å². The minimum atomic E-state index is -1.47. The monoisotopic (exact) mass is 623 g/mol. The van der Waals surface area contributed by atoms with Crippen LogP contribution in [0.2, 0.25) is 5.02 Å². The van der Waals surface area contributed by atoms with Crippen molar-refractivity contribution in [2.75, 3.05) is 24.6 Å². The lowest BCUT2D eigenvalue weighted by Gasteiger charge is -2.40. The van der Waals surface area contributed by atoms with Gasteiger partial charge in [-0.05, 0) is 30.2 Å². The number of fused-ring (bicyclic) bond motifs is 2. The Labute approximate surface area is 267 Å². The van der Waals surface area contributed by atoms with Gasteiger partial charge in [0.25, 0.3) is 5.91 Å². The van der Waals surface area contributed by atoms with Crippen LogP contribution in [-0.4, -0.2) is 69.6 Å². The number of rotatable bonds is 6. The van der Waals surface area contributed by atoms with Crippen molar-refractivity contribution < 1.29 is 24.2 Å². The number of likely N-dealkylation sites (tertiary alicyclic amines) is 1. The third-order valence-electron chi connectivity index (χ3n) is 9.63. The lowest BCUT2D eigenvalue weighted by Crippen LogP contribution is -2.57. The average Bonchev–Trinajstić information content (AvgIpc) is 3.32. The van der Waals surface area contributed by atoms with Gasteiger partial charge in [0.15, 0.2) is 0 Å². The molecular weight excluding hydrogens is 590 g/mol. The Morgan fingerprint density at radius 1 is 0.844 bits per heavy atom. The Balaban J connectivity index is 1.37. The molecule has 2 saturated heterocycles. The van der Waals surface area contributed by atoms with Crippen molar-refractivity contribution in [1.29, 1.82) is 0 Å². The van der Waals surface area contributed by atoms with Gasteiger partial charge >= 0.3 is 0 Å². The van der Waals surface area contributed by atoms with Crippen molar-refractivity contribution in [2.24, 2.45) is 11.8 Å². The largest absolute Gasteiger partial charge is 0.394 e. The highest BCUT2D eigenvalue weighted by Gasteiger charge is 2.75. The minimum Gasteiger partial charge on any atom is -0.394 e. The molecule has 4 heterocycles. The van der Waals surface area contributed by atoms with Gasteiger partial charge in [-0.15, -0.1) is 0 Å². The van der Waals surface area contributed by atoms with Crippen molar-refractivity contribution in [3.63, 3.8) is 0 Å². The Hall–Kier alpha value is -4.24. The molecule has 1 N–H and O–H groups in total. The fraction of sp³-hybridized carbons (Fsp3) is 0.306. The van der Waals surface area contributed by atoms with Crippen LogP contribution in [0.25, 0.3) is 0 Å². The van der Waals surface area contributed by atoms with Crippen molar-refractivity contribution in [3.8, 4) is 0 Å². The number of para-hydroxylation sites is 1.